The fourth-order valence-electron chi connectivity index (χ4n) is 1.99. The minimum Gasteiger partial charge on any atom is -0.310 e. The fourth-order valence-corrected chi connectivity index (χ4v) is 3.82. The summed E-state index contributed by atoms with van der Waals surface area (Å²) >= 11 is 3.15. The molecule has 0 amide bonds. The molecule has 6 heteroatoms. The second kappa shape index (κ2) is 6.82. The zero-order valence-electron chi connectivity index (χ0n) is 12.7. The third-order valence-electron chi connectivity index (χ3n) is 3.15. The van der Waals surface area contributed by atoms with Crippen LogP contribution >= 0.6 is 23.3 Å². The maximum absolute atomic E-state index is 8.86. The molecule has 0 aliphatic carbocycles. The van der Waals surface area contributed by atoms with Crippen LogP contribution in [0.4, 0.5) is 5.82 Å². The predicted molar refractivity (Wildman–Crippen MR) is 95.5 cm³/mol. The van der Waals surface area contributed by atoms with Gasteiger partial charge in [-0.25, -0.2) is 9.97 Å². The highest BCUT2D eigenvalue weighted by atomic mass is 32.2. The van der Waals surface area contributed by atoms with Gasteiger partial charge in [-0.15, -0.1) is 11.3 Å². The Balaban J connectivity index is 1.76. The number of aromatic nitrogens is 2. The van der Waals surface area contributed by atoms with Gasteiger partial charge in [0.15, 0.2) is 0 Å². The van der Waals surface area contributed by atoms with Crippen molar-refractivity contribution in [2.75, 3.05) is 4.72 Å². The molecule has 114 valence electrons. The smallest absolute Gasteiger partial charge is 0.136 e. The third kappa shape index (κ3) is 3.70. The number of nitrogens with one attached hydrogen (secondary N) is 1. The lowest BCUT2D eigenvalue weighted by Crippen LogP contribution is -1.91. The molecule has 0 spiro atoms. The number of rotatable bonds is 4. The first-order valence-corrected chi connectivity index (χ1v) is 8.63. The van der Waals surface area contributed by atoms with Crippen molar-refractivity contribution in [1.82, 2.24) is 9.97 Å². The summed E-state index contributed by atoms with van der Waals surface area (Å²) < 4.78 is 4.36. The Bertz CT molecular complexity index is 863. The Morgan fingerprint density at radius 3 is 2.57 bits per heavy atom. The van der Waals surface area contributed by atoms with E-state index in [1.807, 2.05) is 56.3 Å². The van der Waals surface area contributed by atoms with Gasteiger partial charge >= 0.3 is 0 Å². The van der Waals surface area contributed by atoms with Gasteiger partial charge in [-0.3, -0.25) is 0 Å². The Hall–Kier alpha value is -2.36. The number of hydrogen-bond donors (Lipinski definition) is 1. The molecule has 2 aromatic heterocycles. The van der Waals surface area contributed by atoms with E-state index in [1.54, 1.807) is 11.3 Å². The minimum atomic E-state index is 0.656. The molecule has 1 N–H and O–H groups in total. The van der Waals surface area contributed by atoms with Gasteiger partial charge in [0.1, 0.15) is 15.0 Å². The fraction of sp³-hybridized carbons (Fsp3) is 0.118. The maximum atomic E-state index is 8.86. The van der Waals surface area contributed by atoms with Crippen LogP contribution in [-0.2, 0) is 0 Å². The molecule has 2 heterocycles. The van der Waals surface area contributed by atoms with Crippen LogP contribution in [0.2, 0.25) is 0 Å². The van der Waals surface area contributed by atoms with Crippen LogP contribution < -0.4 is 4.72 Å². The number of nitrogens with zero attached hydrogens (tertiary/aromatic N) is 3. The molecule has 0 bridgehead atoms. The van der Waals surface area contributed by atoms with E-state index in [0.29, 0.717) is 5.56 Å². The lowest BCUT2D eigenvalue weighted by Gasteiger charge is -2.03. The van der Waals surface area contributed by atoms with Crippen molar-refractivity contribution in [3.63, 3.8) is 0 Å². The summed E-state index contributed by atoms with van der Waals surface area (Å²) in [6.45, 7) is 3.97. The van der Waals surface area contributed by atoms with E-state index in [1.165, 1.54) is 11.9 Å². The van der Waals surface area contributed by atoms with Crippen molar-refractivity contribution in [1.29, 1.82) is 5.26 Å². The molecule has 0 fully saturated rings. The molecule has 0 aliphatic heterocycles. The highest BCUT2D eigenvalue weighted by Crippen LogP contribution is 2.34. The monoisotopic (exact) mass is 338 g/mol. The second-order valence-corrected chi connectivity index (χ2v) is 7.02. The number of aryl methyl sites for hydroxylation is 2. The average Bonchev–Trinajstić information content (AvgIpc) is 2.94. The van der Waals surface area contributed by atoms with Crippen molar-refractivity contribution >= 4 is 29.1 Å². The largest absolute Gasteiger partial charge is 0.310 e. The molecule has 0 atom stereocenters. The van der Waals surface area contributed by atoms with Gasteiger partial charge < -0.3 is 4.72 Å². The highest BCUT2D eigenvalue weighted by molar-refractivity contribution is 8.02. The van der Waals surface area contributed by atoms with Gasteiger partial charge in [0.05, 0.1) is 17.3 Å². The molecule has 23 heavy (non-hydrogen) atoms. The summed E-state index contributed by atoms with van der Waals surface area (Å²) in [4.78, 5) is 9.04. The quantitative estimate of drug-likeness (QED) is 0.692. The zero-order valence-corrected chi connectivity index (χ0v) is 14.3. The van der Waals surface area contributed by atoms with Crippen LogP contribution in [0.1, 0.15) is 17.0 Å². The van der Waals surface area contributed by atoms with Gasteiger partial charge in [-0.1, -0.05) is 18.2 Å². The molecule has 0 unspecified atom stereocenters. The van der Waals surface area contributed by atoms with E-state index in [9.17, 15) is 0 Å². The topological polar surface area (TPSA) is 61.6 Å². The number of benzene rings is 1. The molecule has 0 radical (unpaired) electrons. The molecule has 0 saturated heterocycles. The molecule has 1 aromatic carbocycles. The van der Waals surface area contributed by atoms with E-state index >= 15 is 0 Å². The maximum Gasteiger partial charge on any atom is 0.136 e. The van der Waals surface area contributed by atoms with E-state index in [0.717, 1.165) is 32.0 Å². The number of thiazole rings is 1. The summed E-state index contributed by atoms with van der Waals surface area (Å²) in [6.07, 6.45) is 0. The molecular formula is C17H14N4S2. The van der Waals surface area contributed by atoms with Crippen LogP contribution in [0.5, 0.6) is 0 Å². The lowest BCUT2D eigenvalue weighted by molar-refractivity contribution is 1.20. The third-order valence-corrected chi connectivity index (χ3v) is 5.44. The van der Waals surface area contributed by atoms with Crippen LogP contribution in [0.25, 0.3) is 10.6 Å². The summed E-state index contributed by atoms with van der Waals surface area (Å²) in [5.41, 5.74) is 3.65. The van der Waals surface area contributed by atoms with Crippen LogP contribution in [0.3, 0.4) is 0 Å². The molecule has 3 rings (SSSR count). The number of pyridine rings is 1. The molecule has 4 nitrogen and oxygen atoms in total. The summed E-state index contributed by atoms with van der Waals surface area (Å²) in [5, 5.41) is 9.82. The summed E-state index contributed by atoms with van der Waals surface area (Å²) in [5.74, 6) is 0.836. The van der Waals surface area contributed by atoms with Crippen LogP contribution in [0, 0.1) is 25.2 Å². The average molecular weight is 338 g/mol. The van der Waals surface area contributed by atoms with Crippen LogP contribution in [-0.4, -0.2) is 9.97 Å². The van der Waals surface area contributed by atoms with Gasteiger partial charge in [-0.2, -0.15) is 5.26 Å². The lowest BCUT2D eigenvalue weighted by atomic mass is 10.1. The first-order chi connectivity index (χ1) is 11.2. The minimum absolute atomic E-state index is 0.656. The predicted octanol–water partition coefficient (Wildman–Crippen LogP) is 4.81. The highest BCUT2D eigenvalue weighted by Gasteiger charge is 2.10. The molecular weight excluding hydrogens is 324 g/mol. The Morgan fingerprint density at radius 1 is 1.09 bits per heavy atom. The first kappa shape index (κ1) is 15.5. The van der Waals surface area contributed by atoms with Crippen molar-refractivity contribution in [3.05, 3.63) is 59.4 Å². The molecule has 0 saturated carbocycles. The standard InChI is InChI=1S/C17H14N4S2/c1-11-4-3-5-15(19-11)21-23-17-12(2)20-16(22-17)14-8-6-13(10-18)7-9-14/h3-9H,1-2H3,(H,19,21). The van der Waals surface area contributed by atoms with E-state index in [2.05, 4.69) is 20.8 Å². The summed E-state index contributed by atoms with van der Waals surface area (Å²) in [6, 6.07) is 15.5. The van der Waals surface area contributed by atoms with Gasteiger partial charge in [-0.05, 0) is 50.1 Å². The second-order valence-electron chi connectivity index (χ2n) is 4.95. The van der Waals surface area contributed by atoms with Crippen molar-refractivity contribution in [2.24, 2.45) is 0 Å². The van der Waals surface area contributed by atoms with Crippen molar-refractivity contribution < 1.29 is 0 Å². The zero-order chi connectivity index (χ0) is 16.2. The van der Waals surface area contributed by atoms with Crippen molar-refractivity contribution in [3.8, 4) is 16.6 Å². The SMILES string of the molecule is Cc1cccc(NSc2sc(-c3ccc(C#N)cc3)nc2C)n1. The molecule has 0 aliphatic rings. The first-order valence-electron chi connectivity index (χ1n) is 7.00. The van der Waals surface area contributed by atoms with Crippen LogP contribution in [0.15, 0.2) is 46.7 Å². The Morgan fingerprint density at radius 2 is 1.87 bits per heavy atom. The normalized spacial score (nSPS) is 10.3. The molecule has 3 aromatic rings. The van der Waals surface area contributed by atoms with Gasteiger partial charge in [0.2, 0.25) is 0 Å². The summed E-state index contributed by atoms with van der Waals surface area (Å²) in [7, 11) is 0. The van der Waals surface area contributed by atoms with Crippen molar-refractivity contribution in [2.45, 2.75) is 18.1 Å². The number of nitriles is 1. The Kier molecular flexibility index (Phi) is 4.60. The van der Waals surface area contributed by atoms with E-state index < -0.39 is 0 Å². The van der Waals surface area contributed by atoms with E-state index in [-0.39, 0.29) is 0 Å². The van der Waals surface area contributed by atoms with E-state index in [4.69, 9.17) is 5.26 Å². The number of hydrogen-bond acceptors (Lipinski definition) is 6. The number of anilines is 1. The van der Waals surface area contributed by atoms with Gasteiger partial charge in [0, 0.05) is 11.3 Å². The van der Waals surface area contributed by atoms with Gasteiger partial charge in [0.25, 0.3) is 0 Å². The Labute approximate surface area is 143 Å².